The Hall–Kier alpha value is -3.43. The minimum atomic E-state index is -4.18. The molecule has 0 heterocycles. The molecule has 0 saturated carbocycles. The van der Waals surface area contributed by atoms with Gasteiger partial charge in [0, 0.05) is 13.1 Å². The van der Waals surface area contributed by atoms with Gasteiger partial charge in [0.1, 0.15) is 5.92 Å². The van der Waals surface area contributed by atoms with Crippen LogP contribution in [0.25, 0.3) is 10.8 Å². The van der Waals surface area contributed by atoms with Gasteiger partial charge in [0.05, 0.1) is 10.6 Å². The number of fused-ring (bicyclic) bond motifs is 1. The number of amides is 2. The molecule has 3 rings (SSSR count). The summed E-state index contributed by atoms with van der Waals surface area (Å²) in [5.74, 6) is -2.56. The van der Waals surface area contributed by atoms with Gasteiger partial charge >= 0.3 is 0 Å². The molecule has 0 aromatic heterocycles. The van der Waals surface area contributed by atoms with Crippen LogP contribution in [0.2, 0.25) is 0 Å². The van der Waals surface area contributed by atoms with Gasteiger partial charge in [-0.15, -0.1) is 0 Å². The first-order valence-corrected chi connectivity index (χ1v) is 12.1. The van der Waals surface area contributed by atoms with E-state index in [2.05, 4.69) is 4.72 Å². The summed E-state index contributed by atoms with van der Waals surface area (Å²) >= 11 is 0. The van der Waals surface area contributed by atoms with Crippen molar-refractivity contribution in [1.82, 2.24) is 9.62 Å². The largest absolute Gasteiger partial charge is 0.343 e. The molecular weight excluding hydrogens is 442 g/mol. The fourth-order valence-electron chi connectivity index (χ4n) is 3.60. The lowest BCUT2D eigenvalue weighted by molar-refractivity contribution is -0.141. The third kappa shape index (κ3) is 5.68. The molecule has 1 unspecified atom stereocenters. The van der Waals surface area contributed by atoms with Gasteiger partial charge in [-0.05, 0) is 60.9 Å². The van der Waals surface area contributed by atoms with Crippen molar-refractivity contribution in [3.63, 3.8) is 0 Å². The van der Waals surface area contributed by atoms with E-state index >= 15 is 0 Å². The van der Waals surface area contributed by atoms with E-state index in [4.69, 9.17) is 5.21 Å². The second-order valence-electron chi connectivity index (χ2n) is 7.55. The molecule has 9 heteroatoms. The first kappa shape index (κ1) is 24.2. The summed E-state index contributed by atoms with van der Waals surface area (Å²) in [7, 11) is -4.18. The molecule has 3 N–H and O–H groups in total. The van der Waals surface area contributed by atoms with E-state index in [0.29, 0.717) is 24.3 Å². The molecule has 0 aliphatic heterocycles. The maximum atomic E-state index is 13.1. The highest BCUT2D eigenvalue weighted by Crippen LogP contribution is 2.20. The summed E-state index contributed by atoms with van der Waals surface area (Å²) in [6.45, 7) is 4.38. The Kier molecular flexibility index (Phi) is 7.67. The number of sulfonamides is 1. The summed E-state index contributed by atoms with van der Waals surface area (Å²) in [5, 5.41) is 10.6. The number of rotatable bonds is 9. The van der Waals surface area contributed by atoms with Crippen LogP contribution >= 0.6 is 0 Å². The highest BCUT2D eigenvalue weighted by molar-refractivity contribution is 7.90. The number of benzene rings is 3. The molecule has 0 aliphatic carbocycles. The van der Waals surface area contributed by atoms with Gasteiger partial charge in [-0.2, -0.15) is 0 Å². The topological polar surface area (TPSA) is 116 Å². The fraction of sp³-hybridized carbons (Fsp3) is 0.250. The summed E-state index contributed by atoms with van der Waals surface area (Å²) < 4.78 is 28.0. The lowest BCUT2D eigenvalue weighted by Gasteiger charge is -2.24. The van der Waals surface area contributed by atoms with E-state index in [1.165, 1.54) is 17.0 Å². The average molecular weight is 470 g/mol. The Bertz CT molecular complexity index is 1240. The molecule has 0 radical (unpaired) electrons. The number of anilines is 1. The SMILES string of the molecule is CCN(CC)C(=O)C(Cc1ccc(NO)cc1)C(=O)NS(=O)(=O)c1ccc2ccccc2c1. The van der Waals surface area contributed by atoms with Crippen molar-refractivity contribution in [3.8, 4) is 0 Å². The zero-order chi connectivity index (χ0) is 24.0. The van der Waals surface area contributed by atoms with Crippen molar-refractivity contribution in [1.29, 1.82) is 0 Å². The van der Waals surface area contributed by atoms with E-state index in [9.17, 15) is 18.0 Å². The van der Waals surface area contributed by atoms with E-state index in [1.54, 1.807) is 56.3 Å². The molecule has 0 spiro atoms. The summed E-state index contributed by atoms with van der Waals surface area (Å²) in [6.07, 6.45) is 0.0140. The fourth-order valence-corrected chi connectivity index (χ4v) is 4.65. The molecule has 2 amide bonds. The molecule has 0 fully saturated rings. The van der Waals surface area contributed by atoms with Crippen molar-refractivity contribution in [2.24, 2.45) is 5.92 Å². The van der Waals surface area contributed by atoms with Crippen LogP contribution in [0.3, 0.4) is 0 Å². The zero-order valence-electron chi connectivity index (χ0n) is 18.5. The first-order valence-electron chi connectivity index (χ1n) is 10.6. The van der Waals surface area contributed by atoms with Crippen molar-refractivity contribution in [2.45, 2.75) is 25.2 Å². The summed E-state index contributed by atoms with van der Waals surface area (Å²) in [4.78, 5) is 27.6. The lowest BCUT2D eigenvalue weighted by atomic mass is 9.97. The quantitative estimate of drug-likeness (QED) is 0.327. The van der Waals surface area contributed by atoms with Crippen LogP contribution in [-0.2, 0) is 26.0 Å². The van der Waals surface area contributed by atoms with Gasteiger partial charge in [0.25, 0.3) is 10.0 Å². The van der Waals surface area contributed by atoms with Crippen LogP contribution in [0, 0.1) is 5.92 Å². The Morgan fingerprint density at radius 2 is 1.58 bits per heavy atom. The van der Waals surface area contributed by atoms with Crippen LogP contribution in [0.4, 0.5) is 5.69 Å². The van der Waals surface area contributed by atoms with Gasteiger partial charge < -0.3 is 4.90 Å². The van der Waals surface area contributed by atoms with Gasteiger partial charge in [-0.25, -0.2) is 13.1 Å². The molecular formula is C24H27N3O5S. The van der Waals surface area contributed by atoms with E-state index < -0.39 is 27.8 Å². The first-order chi connectivity index (χ1) is 15.8. The van der Waals surface area contributed by atoms with Gasteiger partial charge in [-0.1, -0.05) is 42.5 Å². The molecule has 33 heavy (non-hydrogen) atoms. The normalized spacial score (nSPS) is 12.2. The summed E-state index contributed by atoms with van der Waals surface area (Å²) in [6, 6.07) is 18.4. The molecule has 3 aromatic rings. The molecule has 3 aromatic carbocycles. The highest BCUT2D eigenvalue weighted by atomic mass is 32.2. The lowest BCUT2D eigenvalue weighted by Crippen LogP contribution is -2.46. The minimum Gasteiger partial charge on any atom is -0.343 e. The van der Waals surface area contributed by atoms with Crippen molar-refractivity contribution in [3.05, 3.63) is 72.3 Å². The second kappa shape index (κ2) is 10.5. The zero-order valence-corrected chi connectivity index (χ0v) is 19.3. The third-order valence-electron chi connectivity index (χ3n) is 5.48. The van der Waals surface area contributed by atoms with Gasteiger partial charge in [-0.3, -0.25) is 20.3 Å². The van der Waals surface area contributed by atoms with Crippen LogP contribution in [0.15, 0.2) is 71.6 Å². The van der Waals surface area contributed by atoms with Crippen LogP contribution in [-0.4, -0.2) is 43.4 Å². The van der Waals surface area contributed by atoms with Crippen molar-refractivity contribution < 1.29 is 23.2 Å². The number of hydrogen-bond donors (Lipinski definition) is 3. The van der Waals surface area contributed by atoms with E-state index in [0.717, 1.165) is 10.8 Å². The Balaban J connectivity index is 1.89. The van der Waals surface area contributed by atoms with E-state index in [1.807, 2.05) is 17.6 Å². The molecule has 0 bridgehead atoms. The summed E-state index contributed by atoms with van der Waals surface area (Å²) in [5.41, 5.74) is 3.12. The van der Waals surface area contributed by atoms with Crippen molar-refractivity contribution in [2.75, 3.05) is 18.6 Å². The smallest absolute Gasteiger partial charge is 0.264 e. The maximum absolute atomic E-state index is 13.1. The number of hydrogen-bond acceptors (Lipinski definition) is 6. The number of nitrogens with zero attached hydrogens (tertiary/aromatic N) is 1. The molecule has 0 aliphatic rings. The Morgan fingerprint density at radius 3 is 2.18 bits per heavy atom. The molecule has 1 atom stereocenters. The van der Waals surface area contributed by atoms with Crippen LogP contribution < -0.4 is 10.2 Å². The minimum absolute atomic E-state index is 0.0140. The van der Waals surface area contributed by atoms with Gasteiger partial charge in [0.15, 0.2) is 0 Å². The Labute approximate surface area is 193 Å². The molecule has 8 nitrogen and oxygen atoms in total. The van der Waals surface area contributed by atoms with Crippen molar-refractivity contribution >= 4 is 38.3 Å². The third-order valence-corrected chi connectivity index (χ3v) is 6.82. The number of carbonyl (C=O) groups excluding carboxylic acids is 2. The standard InChI is InChI=1S/C24H27N3O5S/c1-3-27(4-2)24(29)22(15-17-9-12-20(25-30)13-10-17)23(28)26-33(31,32)21-14-11-18-7-5-6-8-19(18)16-21/h5-14,16,22,25,30H,3-4,15H2,1-2H3,(H,26,28). The Morgan fingerprint density at radius 1 is 0.939 bits per heavy atom. The molecule has 0 saturated heterocycles. The maximum Gasteiger partial charge on any atom is 0.264 e. The van der Waals surface area contributed by atoms with Gasteiger partial charge in [0.2, 0.25) is 11.8 Å². The number of carbonyl (C=O) groups is 2. The highest BCUT2D eigenvalue weighted by Gasteiger charge is 2.33. The second-order valence-corrected chi connectivity index (χ2v) is 9.24. The monoisotopic (exact) mass is 469 g/mol. The number of nitrogens with one attached hydrogen (secondary N) is 2. The van der Waals surface area contributed by atoms with Crippen LogP contribution in [0.5, 0.6) is 0 Å². The van der Waals surface area contributed by atoms with E-state index in [-0.39, 0.29) is 11.3 Å². The molecule has 174 valence electrons. The predicted molar refractivity (Wildman–Crippen MR) is 126 cm³/mol. The average Bonchev–Trinajstić information content (AvgIpc) is 2.82. The predicted octanol–water partition coefficient (Wildman–Crippen LogP) is 3.17. The van der Waals surface area contributed by atoms with Crippen LogP contribution in [0.1, 0.15) is 19.4 Å².